The van der Waals surface area contributed by atoms with E-state index in [4.69, 9.17) is 16.6 Å². The number of para-hydroxylation sites is 1. The number of nitrogens with one attached hydrogen (secondary N) is 1. The van der Waals surface area contributed by atoms with Gasteiger partial charge in [-0.15, -0.1) is 0 Å². The molecule has 0 aliphatic heterocycles. The van der Waals surface area contributed by atoms with Crippen molar-refractivity contribution in [2.24, 2.45) is 0 Å². The Bertz CT molecular complexity index is 1300. The Morgan fingerprint density at radius 3 is 2.46 bits per heavy atom. The fourth-order valence-corrected chi connectivity index (χ4v) is 3.98. The number of anilines is 1. The zero-order valence-corrected chi connectivity index (χ0v) is 17.2. The second-order valence-electron chi connectivity index (χ2n) is 6.82. The van der Waals surface area contributed by atoms with Crippen molar-refractivity contribution >= 4 is 43.8 Å². The molecule has 144 valence electrons. The molecule has 8 heteroatoms. The maximum absolute atomic E-state index is 11.7. The van der Waals surface area contributed by atoms with Gasteiger partial charge in [-0.05, 0) is 43.7 Å². The number of rotatable bonds is 4. The van der Waals surface area contributed by atoms with Crippen molar-refractivity contribution in [2.45, 2.75) is 24.8 Å². The summed E-state index contributed by atoms with van der Waals surface area (Å²) in [6.07, 6.45) is 1.20. The molecule has 0 saturated carbocycles. The van der Waals surface area contributed by atoms with E-state index in [1.54, 1.807) is 16.6 Å². The third kappa shape index (κ3) is 3.21. The van der Waals surface area contributed by atoms with Crippen molar-refractivity contribution in [3.05, 3.63) is 64.8 Å². The Hall–Kier alpha value is -2.64. The standard InChI is InChI=1S/C20H19ClN4O2S/c1-12(14-8-10-15(11-9-14)28(3,26)27)22-19-16-6-4-5-7-17(16)25-20(23-19)18(21)13(2)24-25/h4-12H,1-3H3,(H,22,23). The van der Waals surface area contributed by atoms with Crippen molar-refractivity contribution in [1.29, 1.82) is 0 Å². The minimum Gasteiger partial charge on any atom is -0.363 e. The predicted octanol–water partition coefficient (Wildman–Crippen LogP) is 4.42. The maximum Gasteiger partial charge on any atom is 0.176 e. The first-order valence-corrected chi connectivity index (χ1v) is 11.0. The monoisotopic (exact) mass is 414 g/mol. The molecule has 1 N–H and O–H groups in total. The average Bonchev–Trinajstić information content (AvgIpc) is 2.96. The first-order valence-electron chi connectivity index (χ1n) is 8.76. The normalized spacial score (nSPS) is 13.1. The summed E-state index contributed by atoms with van der Waals surface area (Å²) < 4.78 is 25.1. The van der Waals surface area contributed by atoms with Crippen molar-refractivity contribution in [1.82, 2.24) is 14.6 Å². The van der Waals surface area contributed by atoms with Crippen LogP contribution in [0.2, 0.25) is 5.02 Å². The third-order valence-electron chi connectivity index (χ3n) is 4.73. The molecule has 4 rings (SSSR count). The molecule has 0 radical (unpaired) electrons. The van der Waals surface area contributed by atoms with Crippen LogP contribution in [-0.4, -0.2) is 29.3 Å². The summed E-state index contributed by atoms with van der Waals surface area (Å²) in [5, 5.41) is 9.37. The number of sulfone groups is 1. The van der Waals surface area contributed by atoms with E-state index in [0.717, 1.165) is 22.2 Å². The van der Waals surface area contributed by atoms with Crippen molar-refractivity contribution in [3.8, 4) is 0 Å². The number of halogens is 1. The molecular weight excluding hydrogens is 396 g/mol. The lowest BCUT2D eigenvalue weighted by atomic mass is 10.1. The van der Waals surface area contributed by atoms with Crippen LogP contribution in [0.4, 0.5) is 5.82 Å². The van der Waals surface area contributed by atoms with Gasteiger partial charge in [-0.2, -0.15) is 5.10 Å². The van der Waals surface area contributed by atoms with Gasteiger partial charge in [0.25, 0.3) is 0 Å². The average molecular weight is 415 g/mol. The quantitative estimate of drug-likeness (QED) is 0.534. The van der Waals surface area contributed by atoms with Gasteiger partial charge in [-0.3, -0.25) is 0 Å². The highest BCUT2D eigenvalue weighted by Gasteiger charge is 2.16. The molecule has 4 aromatic rings. The van der Waals surface area contributed by atoms with Crippen molar-refractivity contribution in [3.63, 3.8) is 0 Å². The van der Waals surface area contributed by atoms with E-state index in [2.05, 4.69) is 10.4 Å². The van der Waals surface area contributed by atoms with Crippen LogP contribution in [0, 0.1) is 6.92 Å². The number of nitrogens with zero attached hydrogens (tertiary/aromatic N) is 3. The third-order valence-corrected chi connectivity index (χ3v) is 6.30. The van der Waals surface area contributed by atoms with Gasteiger partial charge in [-0.25, -0.2) is 17.9 Å². The smallest absolute Gasteiger partial charge is 0.176 e. The molecule has 1 atom stereocenters. The molecule has 0 saturated heterocycles. The lowest BCUT2D eigenvalue weighted by Crippen LogP contribution is -2.10. The Balaban J connectivity index is 1.77. The number of benzene rings is 2. The molecule has 28 heavy (non-hydrogen) atoms. The molecule has 2 aromatic carbocycles. The molecule has 2 heterocycles. The van der Waals surface area contributed by atoms with Gasteiger partial charge in [0, 0.05) is 17.7 Å². The summed E-state index contributed by atoms with van der Waals surface area (Å²) in [4.78, 5) is 5.01. The Morgan fingerprint density at radius 2 is 1.79 bits per heavy atom. The summed E-state index contributed by atoms with van der Waals surface area (Å²) in [6.45, 7) is 3.85. The largest absolute Gasteiger partial charge is 0.363 e. The van der Waals surface area contributed by atoms with E-state index < -0.39 is 9.84 Å². The topological polar surface area (TPSA) is 76.4 Å². The fraction of sp³-hybridized carbons (Fsp3) is 0.200. The van der Waals surface area contributed by atoms with Crippen LogP contribution in [0.3, 0.4) is 0 Å². The lowest BCUT2D eigenvalue weighted by Gasteiger charge is -2.17. The number of fused-ring (bicyclic) bond motifs is 3. The van der Waals surface area contributed by atoms with Crippen LogP contribution >= 0.6 is 11.6 Å². The Labute approximate surface area is 168 Å². The van der Waals surface area contributed by atoms with E-state index in [1.807, 2.05) is 50.2 Å². The summed E-state index contributed by atoms with van der Waals surface area (Å²) in [5.41, 5.74) is 3.18. The highest BCUT2D eigenvalue weighted by Crippen LogP contribution is 2.30. The molecule has 0 fully saturated rings. The second-order valence-corrected chi connectivity index (χ2v) is 9.21. The van der Waals surface area contributed by atoms with Gasteiger partial charge in [0.2, 0.25) is 0 Å². The Kier molecular flexibility index (Phi) is 4.51. The molecular formula is C20H19ClN4O2S. The zero-order valence-electron chi connectivity index (χ0n) is 15.6. The Morgan fingerprint density at radius 1 is 1.11 bits per heavy atom. The highest BCUT2D eigenvalue weighted by atomic mass is 35.5. The van der Waals surface area contributed by atoms with E-state index in [9.17, 15) is 8.42 Å². The van der Waals surface area contributed by atoms with Gasteiger partial charge >= 0.3 is 0 Å². The van der Waals surface area contributed by atoms with E-state index >= 15 is 0 Å². The van der Waals surface area contributed by atoms with Gasteiger partial charge in [0.05, 0.1) is 16.1 Å². The minimum atomic E-state index is -3.22. The summed E-state index contributed by atoms with van der Waals surface area (Å²) in [6, 6.07) is 14.6. The van der Waals surface area contributed by atoms with Crippen LogP contribution in [0.5, 0.6) is 0 Å². The highest BCUT2D eigenvalue weighted by molar-refractivity contribution is 7.90. The van der Waals surface area contributed by atoms with Gasteiger partial charge in [0.1, 0.15) is 10.8 Å². The first-order chi connectivity index (χ1) is 13.3. The first kappa shape index (κ1) is 18.7. The maximum atomic E-state index is 11.7. The summed E-state index contributed by atoms with van der Waals surface area (Å²) in [5.74, 6) is 0.699. The van der Waals surface area contributed by atoms with Crippen LogP contribution < -0.4 is 5.32 Å². The van der Waals surface area contributed by atoms with Gasteiger partial charge < -0.3 is 5.32 Å². The molecule has 0 aliphatic carbocycles. The number of hydrogen-bond acceptors (Lipinski definition) is 5. The second kappa shape index (κ2) is 6.76. The summed E-state index contributed by atoms with van der Waals surface area (Å²) in [7, 11) is -3.22. The predicted molar refractivity (Wildman–Crippen MR) is 112 cm³/mol. The molecule has 0 spiro atoms. The minimum absolute atomic E-state index is 0.0882. The molecule has 2 aromatic heterocycles. The van der Waals surface area contributed by atoms with Crippen LogP contribution in [-0.2, 0) is 9.84 Å². The molecule has 1 unspecified atom stereocenters. The SMILES string of the molecule is Cc1nn2c(nc(NC(C)c3ccc(S(C)(=O)=O)cc3)c3ccccc32)c1Cl. The lowest BCUT2D eigenvalue weighted by molar-refractivity contribution is 0.602. The van der Waals surface area contributed by atoms with E-state index in [1.165, 1.54) is 6.26 Å². The summed E-state index contributed by atoms with van der Waals surface area (Å²) >= 11 is 6.40. The molecule has 6 nitrogen and oxygen atoms in total. The van der Waals surface area contributed by atoms with E-state index in [0.29, 0.717) is 21.4 Å². The van der Waals surface area contributed by atoms with Gasteiger partial charge in [0.15, 0.2) is 15.5 Å². The van der Waals surface area contributed by atoms with Crippen LogP contribution in [0.1, 0.15) is 24.2 Å². The number of aryl methyl sites for hydroxylation is 1. The molecule has 0 aliphatic rings. The van der Waals surface area contributed by atoms with Gasteiger partial charge in [-0.1, -0.05) is 35.9 Å². The molecule has 0 bridgehead atoms. The van der Waals surface area contributed by atoms with Crippen LogP contribution in [0.25, 0.3) is 16.6 Å². The van der Waals surface area contributed by atoms with E-state index in [-0.39, 0.29) is 6.04 Å². The fourth-order valence-electron chi connectivity index (χ4n) is 3.19. The van der Waals surface area contributed by atoms with Crippen molar-refractivity contribution < 1.29 is 8.42 Å². The van der Waals surface area contributed by atoms with Crippen LogP contribution in [0.15, 0.2) is 53.4 Å². The number of hydrogen-bond donors (Lipinski definition) is 1. The van der Waals surface area contributed by atoms with Crippen molar-refractivity contribution in [2.75, 3.05) is 11.6 Å². The zero-order chi connectivity index (χ0) is 20.1. The molecule has 0 amide bonds. The number of aromatic nitrogens is 3.